The normalized spacial score (nSPS) is 11.7. The Morgan fingerprint density at radius 2 is 1.83 bits per heavy atom. The van der Waals surface area contributed by atoms with Crippen LogP contribution in [0.5, 0.6) is 0 Å². The minimum Gasteiger partial charge on any atom is -0.253 e. The zero-order chi connectivity index (χ0) is 20.7. The van der Waals surface area contributed by atoms with Crippen LogP contribution in [-0.4, -0.2) is 19.6 Å². The van der Waals surface area contributed by atoms with Crippen molar-refractivity contribution in [3.05, 3.63) is 57.3 Å². The van der Waals surface area contributed by atoms with Gasteiger partial charge in [-0.2, -0.15) is 5.10 Å². The van der Waals surface area contributed by atoms with Crippen LogP contribution >= 0.6 is 22.9 Å². The maximum atomic E-state index is 6.87. The molecule has 0 bridgehead atoms. The van der Waals surface area contributed by atoms with E-state index < -0.39 is 0 Å². The molecule has 6 heteroatoms. The Kier molecular flexibility index (Phi) is 5.45. The largest absolute Gasteiger partial charge is 0.253 e. The van der Waals surface area contributed by atoms with E-state index in [1.807, 2.05) is 43.5 Å². The molecular formula is C23H25ClN4S. The Morgan fingerprint density at radius 1 is 1.07 bits per heavy atom. The fourth-order valence-corrected chi connectivity index (χ4v) is 5.41. The molecule has 0 spiro atoms. The van der Waals surface area contributed by atoms with Crippen molar-refractivity contribution < 1.29 is 0 Å². The zero-order valence-corrected chi connectivity index (χ0v) is 19.0. The summed E-state index contributed by atoms with van der Waals surface area (Å²) in [6.07, 6.45) is 2.17. The summed E-state index contributed by atoms with van der Waals surface area (Å²) in [4.78, 5) is 10.5. The summed E-state index contributed by atoms with van der Waals surface area (Å²) in [6, 6.07) is 8.18. The van der Waals surface area contributed by atoms with Gasteiger partial charge in [0.2, 0.25) is 0 Å². The van der Waals surface area contributed by atoms with E-state index in [9.17, 15) is 0 Å². The van der Waals surface area contributed by atoms with Crippen LogP contribution in [0.25, 0.3) is 27.5 Å². The van der Waals surface area contributed by atoms with Gasteiger partial charge in [0.1, 0.15) is 5.69 Å². The third kappa shape index (κ3) is 3.47. The Labute approximate surface area is 180 Å². The van der Waals surface area contributed by atoms with Crippen LogP contribution in [0, 0.1) is 20.8 Å². The average molecular weight is 425 g/mol. The van der Waals surface area contributed by atoms with Gasteiger partial charge in [-0.3, -0.25) is 4.98 Å². The zero-order valence-electron chi connectivity index (χ0n) is 17.5. The average Bonchev–Trinajstić information content (AvgIpc) is 3.21. The Balaban J connectivity index is 1.93. The summed E-state index contributed by atoms with van der Waals surface area (Å²) in [6.45, 7) is 10.5. The molecule has 4 aromatic heterocycles. The lowest BCUT2D eigenvalue weighted by Gasteiger charge is -2.14. The van der Waals surface area contributed by atoms with Gasteiger partial charge in [0.15, 0.2) is 5.65 Å². The molecule has 0 aromatic carbocycles. The second-order valence-electron chi connectivity index (χ2n) is 7.49. The van der Waals surface area contributed by atoms with Crippen molar-refractivity contribution in [2.45, 2.75) is 53.4 Å². The molecule has 0 fully saturated rings. The second-order valence-corrected chi connectivity index (χ2v) is 8.75. The number of pyridine rings is 1. The molecule has 150 valence electrons. The standard InChI is InChI=1S/C23H25ClN4S/c1-6-16(7-2)17-11-14(4)27-28-21(15(5)26-23(17)28)22-20(24)18(12-29-22)19-10-8-9-13(3)25-19/h8-12,16H,6-7H2,1-5H3. The van der Waals surface area contributed by atoms with Crippen molar-refractivity contribution in [3.8, 4) is 21.8 Å². The summed E-state index contributed by atoms with van der Waals surface area (Å²) in [5.41, 5.74) is 7.95. The van der Waals surface area contributed by atoms with Gasteiger partial charge in [0.05, 0.1) is 27.0 Å². The van der Waals surface area contributed by atoms with E-state index in [2.05, 4.69) is 30.3 Å². The topological polar surface area (TPSA) is 43.1 Å². The fraction of sp³-hybridized carbons (Fsp3) is 0.348. The number of imidazole rings is 1. The molecule has 29 heavy (non-hydrogen) atoms. The van der Waals surface area contributed by atoms with Crippen molar-refractivity contribution >= 4 is 28.6 Å². The first kappa shape index (κ1) is 20.0. The highest BCUT2D eigenvalue weighted by atomic mass is 35.5. The Morgan fingerprint density at radius 3 is 2.52 bits per heavy atom. The third-order valence-corrected chi connectivity index (χ3v) is 6.94. The van der Waals surface area contributed by atoms with E-state index in [-0.39, 0.29) is 0 Å². The van der Waals surface area contributed by atoms with Crippen LogP contribution in [0.3, 0.4) is 0 Å². The highest BCUT2D eigenvalue weighted by Crippen LogP contribution is 2.43. The number of nitrogens with zero attached hydrogens (tertiary/aromatic N) is 4. The van der Waals surface area contributed by atoms with Crippen molar-refractivity contribution in [2.24, 2.45) is 0 Å². The Bertz CT molecular complexity index is 1190. The van der Waals surface area contributed by atoms with Gasteiger partial charge in [-0.1, -0.05) is 31.5 Å². The molecule has 0 aliphatic carbocycles. The molecule has 0 N–H and O–H groups in total. The quantitative estimate of drug-likeness (QED) is 0.346. The van der Waals surface area contributed by atoms with Crippen molar-refractivity contribution in [1.82, 2.24) is 19.6 Å². The molecule has 0 aliphatic rings. The first-order chi connectivity index (χ1) is 13.9. The van der Waals surface area contributed by atoms with Gasteiger partial charge in [-0.15, -0.1) is 11.3 Å². The SMILES string of the molecule is CCC(CC)c1cc(C)nn2c(-c3scc(-c4cccc(C)n4)c3Cl)c(C)nc12. The first-order valence-electron chi connectivity index (χ1n) is 10.0. The van der Waals surface area contributed by atoms with Crippen LogP contribution in [-0.2, 0) is 0 Å². The van der Waals surface area contributed by atoms with Crippen LogP contribution in [0.15, 0.2) is 29.6 Å². The molecule has 0 amide bonds. The van der Waals surface area contributed by atoms with E-state index in [0.29, 0.717) is 10.9 Å². The molecule has 0 atom stereocenters. The molecule has 4 aromatic rings. The Hall–Kier alpha value is -2.24. The monoisotopic (exact) mass is 424 g/mol. The van der Waals surface area contributed by atoms with E-state index >= 15 is 0 Å². The van der Waals surface area contributed by atoms with Crippen molar-refractivity contribution in [2.75, 3.05) is 0 Å². The summed E-state index contributed by atoms with van der Waals surface area (Å²) in [5.74, 6) is 0.472. The van der Waals surface area contributed by atoms with Crippen molar-refractivity contribution in [3.63, 3.8) is 0 Å². The predicted octanol–water partition coefficient (Wildman–Crippen LogP) is 7.00. The number of hydrogen-bond donors (Lipinski definition) is 0. The van der Waals surface area contributed by atoms with Gasteiger partial charge in [0.25, 0.3) is 0 Å². The number of rotatable bonds is 5. The van der Waals surface area contributed by atoms with E-state index in [1.165, 1.54) is 5.56 Å². The lowest BCUT2D eigenvalue weighted by molar-refractivity contribution is 0.638. The summed E-state index contributed by atoms with van der Waals surface area (Å²) >= 11 is 8.50. The number of fused-ring (bicyclic) bond motifs is 1. The number of aryl methyl sites for hydroxylation is 3. The molecule has 0 radical (unpaired) electrons. The van der Waals surface area contributed by atoms with Gasteiger partial charge in [-0.05, 0) is 57.7 Å². The maximum Gasteiger partial charge on any atom is 0.158 e. The molecule has 0 unspecified atom stereocenters. The molecule has 0 saturated carbocycles. The van der Waals surface area contributed by atoms with Gasteiger partial charge < -0.3 is 0 Å². The molecule has 0 saturated heterocycles. The molecule has 4 nitrogen and oxygen atoms in total. The third-order valence-electron chi connectivity index (χ3n) is 5.44. The first-order valence-corrected chi connectivity index (χ1v) is 11.3. The van der Waals surface area contributed by atoms with E-state index in [0.717, 1.165) is 57.4 Å². The smallest absolute Gasteiger partial charge is 0.158 e. The maximum absolute atomic E-state index is 6.87. The molecule has 4 rings (SSSR count). The minimum absolute atomic E-state index is 0.472. The highest BCUT2D eigenvalue weighted by molar-refractivity contribution is 7.14. The molecular weight excluding hydrogens is 400 g/mol. The minimum atomic E-state index is 0.472. The molecule has 4 heterocycles. The lowest BCUT2D eigenvalue weighted by Crippen LogP contribution is -2.04. The van der Waals surface area contributed by atoms with Crippen LogP contribution in [0.2, 0.25) is 5.02 Å². The second kappa shape index (κ2) is 7.88. The number of thiophene rings is 1. The summed E-state index contributed by atoms with van der Waals surface area (Å²) < 4.78 is 1.99. The number of halogens is 1. The fourth-order valence-electron chi connectivity index (χ4n) is 3.94. The highest BCUT2D eigenvalue weighted by Gasteiger charge is 2.23. The van der Waals surface area contributed by atoms with Crippen LogP contribution in [0.4, 0.5) is 0 Å². The van der Waals surface area contributed by atoms with Crippen molar-refractivity contribution in [1.29, 1.82) is 0 Å². The summed E-state index contributed by atoms with van der Waals surface area (Å²) in [5, 5.41) is 7.60. The van der Waals surface area contributed by atoms with E-state index in [1.54, 1.807) is 11.3 Å². The molecule has 0 aliphatic heterocycles. The predicted molar refractivity (Wildman–Crippen MR) is 122 cm³/mol. The van der Waals surface area contributed by atoms with E-state index in [4.69, 9.17) is 21.7 Å². The van der Waals surface area contributed by atoms with Gasteiger partial charge in [-0.25, -0.2) is 9.50 Å². The lowest BCUT2D eigenvalue weighted by atomic mass is 9.95. The number of hydrogen-bond acceptors (Lipinski definition) is 4. The van der Waals surface area contributed by atoms with Crippen LogP contribution in [0.1, 0.15) is 55.3 Å². The number of aromatic nitrogens is 4. The van der Waals surface area contributed by atoms with Gasteiger partial charge >= 0.3 is 0 Å². The van der Waals surface area contributed by atoms with Gasteiger partial charge in [0, 0.05) is 22.2 Å². The van der Waals surface area contributed by atoms with Crippen LogP contribution < -0.4 is 0 Å². The summed E-state index contributed by atoms with van der Waals surface area (Å²) in [7, 11) is 0.